The number of benzene rings is 1. The fourth-order valence-corrected chi connectivity index (χ4v) is 3.56. The Morgan fingerprint density at radius 1 is 0.963 bits per heavy atom. The largest absolute Gasteiger partial charge is 0.493 e. The molecule has 7 heteroatoms. The molecule has 1 fully saturated rings. The van der Waals surface area contributed by atoms with E-state index in [1.165, 1.54) is 7.11 Å². The number of nitrogens with zero attached hydrogens (tertiary/aromatic N) is 3. The minimum atomic E-state index is -0.138. The van der Waals surface area contributed by atoms with Crippen molar-refractivity contribution in [2.75, 3.05) is 46.9 Å². The van der Waals surface area contributed by atoms with Gasteiger partial charge in [-0.2, -0.15) is 0 Å². The van der Waals surface area contributed by atoms with Gasteiger partial charge in [0.25, 0.3) is 11.5 Å². The minimum Gasteiger partial charge on any atom is -0.493 e. The highest BCUT2D eigenvalue weighted by Gasteiger charge is 2.25. The van der Waals surface area contributed by atoms with Crippen LogP contribution in [0.25, 0.3) is 10.8 Å². The number of hydrogen-bond acceptors (Lipinski definition) is 5. The molecule has 0 atom stereocenters. The molecular weight excluding hydrogens is 346 g/mol. The third-order valence-corrected chi connectivity index (χ3v) is 5.27. The Kier molecular flexibility index (Phi) is 5.70. The molecule has 3 rings (SSSR count). The number of piperazine rings is 1. The van der Waals surface area contributed by atoms with E-state index in [1.807, 2.05) is 11.8 Å². The summed E-state index contributed by atoms with van der Waals surface area (Å²) in [7, 11) is 3.08. The second-order valence-corrected chi connectivity index (χ2v) is 6.61. The van der Waals surface area contributed by atoms with E-state index in [4.69, 9.17) is 9.47 Å². The van der Waals surface area contributed by atoms with Gasteiger partial charge in [-0.3, -0.25) is 9.59 Å². The highest BCUT2D eigenvalue weighted by atomic mass is 16.5. The zero-order chi connectivity index (χ0) is 19.6. The quantitative estimate of drug-likeness (QED) is 0.800. The molecule has 0 bridgehead atoms. The standard InChI is InChI=1S/C20H27N3O4/c1-5-21-7-9-23(10-8-21)20(25)16-13-22(6-2)19(24)15-12-18(27-4)17(26-3)11-14(15)16/h11-13H,5-10H2,1-4H3. The first kappa shape index (κ1) is 19.2. The van der Waals surface area contributed by atoms with Crippen LogP contribution in [-0.2, 0) is 6.54 Å². The number of likely N-dealkylation sites (N-methyl/N-ethyl adjacent to an activating group) is 1. The number of fused-ring (bicyclic) bond motifs is 1. The number of methoxy groups -OCH3 is 2. The molecule has 0 N–H and O–H groups in total. The van der Waals surface area contributed by atoms with Crippen LogP contribution in [0.2, 0.25) is 0 Å². The fraction of sp³-hybridized carbons (Fsp3) is 0.500. The van der Waals surface area contributed by atoms with Crippen LogP contribution in [0.5, 0.6) is 11.5 Å². The lowest BCUT2D eigenvalue weighted by molar-refractivity contribution is 0.0644. The molecule has 1 aromatic carbocycles. The summed E-state index contributed by atoms with van der Waals surface area (Å²) >= 11 is 0. The molecule has 0 radical (unpaired) electrons. The van der Waals surface area contributed by atoms with Crippen LogP contribution in [-0.4, -0.2) is 67.2 Å². The summed E-state index contributed by atoms with van der Waals surface area (Å²) in [5.74, 6) is 0.930. The molecule has 1 saturated heterocycles. The Bertz CT molecular complexity index is 898. The second kappa shape index (κ2) is 8.00. The number of aryl methyl sites for hydroxylation is 1. The molecule has 146 valence electrons. The third-order valence-electron chi connectivity index (χ3n) is 5.27. The van der Waals surface area contributed by atoms with Crippen molar-refractivity contribution in [3.63, 3.8) is 0 Å². The van der Waals surface area contributed by atoms with Crippen LogP contribution < -0.4 is 15.0 Å². The van der Waals surface area contributed by atoms with Gasteiger partial charge in [0, 0.05) is 44.3 Å². The summed E-state index contributed by atoms with van der Waals surface area (Å²) in [6.07, 6.45) is 1.67. The first-order valence-corrected chi connectivity index (χ1v) is 9.34. The van der Waals surface area contributed by atoms with Gasteiger partial charge in [0.1, 0.15) is 0 Å². The number of hydrogen-bond donors (Lipinski definition) is 0. The van der Waals surface area contributed by atoms with Crippen LogP contribution in [0, 0.1) is 0 Å². The Hall–Kier alpha value is -2.54. The maximum Gasteiger partial charge on any atom is 0.258 e. The minimum absolute atomic E-state index is 0.0508. The van der Waals surface area contributed by atoms with E-state index in [-0.39, 0.29) is 11.5 Å². The lowest BCUT2D eigenvalue weighted by Gasteiger charge is -2.34. The number of pyridine rings is 1. The van der Waals surface area contributed by atoms with Crippen LogP contribution in [0.15, 0.2) is 23.1 Å². The average molecular weight is 373 g/mol. The molecule has 0 spiro atoms. The topological polar surface area (TPSA) is 64.0 Å². The second-order valence-electron chi connectivity index (χ2n) is 6.61. The van der Waals surface area contributed by atoms with Gasteiger partial charge in [-0.25, -0.2) is 0 Å². The van der Waals surface area contributed by atoms with Gasteiger partial charge in [-0.1, -0.05) is 6.92 Å². The van der Waals surface area contributed by atoms with Crippen LogP contribution in [0.3, 0.4) is 0 Å². The van der Waals surface area contributed by atoms with Crippen molar-refractivity contribution >= 4 is 16.7 Å². The molecule has 0 aliphatic carbocycles. The normalized spacial score (nSPS) is 15.2. The summed E-state index contributed by atoms with van der Waals surface area (Å²) in [6, 6.07) is 3.39. The lowest BCUT2D eigenvalue weighted by atomic mass is 10.0. The van der Waals surface area contributed by atoms with E-state index in [0.29, 0.717) is 47.5 Å². The number of carbonyl (C=O) groups is 1. The predicted octanol–water partition coefficient (Wildman–Crippen LogP) is 1.82. The van der Waals surface area contributed by atoms with Crippen molar-refractivity contribution in [3.8, 4) is 11.5 Å². The number of amides is 1. The molecular formula is C20H27N3O4. The summed E-state index contributed by atoms with van der Waals surface area (Å²) in [5, 5.41) is 1.07. The van der Waals surface area contributed by atoms with Gasteiger partial charge in [-0.05, 0) is 25.6 Å². The highest BCUT2D eigenvalue weighted by molar-refractivity contribution is 6.07. The molecule has 7 nitrogen and oxygen atoms in total. The van der Waals surface area contributed by atoms with Crippen molar-refractivity contribution in [2.45, 2.75) is 20.4 Å². The first-order chi connectivity index (χ1) is 13.0. The maximum absolute atomic E-state index is 13.3. The number of rotatable bonds is 5. The van der Waals surface area contributed by atoms with Gasteiger partial charge >= 0.3 is 0 Å². The van der Waals surface area contributed by atoms with Crippen LogP contribution in [0.1, 0.15) is 24.2 Å². The van der Waals surface area contributed by atoms with Crippen molar-refractivity contribution in [1.82, 2.24) is 14.4 Å². The first-order valence-electron chi connectivity index (χ1n) is 9.34. The van der Waals surface area contributed by atoms with Gasteiger partial charge in [0.2, 0.25) is 0 Å². The van der Waals surface area contributed by atoms with Crippen molar-refractivity contribution in [2.24, 2.45) is 0 Å². The van der Waals surface area contributed by atoms with Crippen molar-refractivity contribution in [3.05, 3.63) is 34.2 Å². The fourth-order valence-electron chi connectivity index (χ4n) is 3.56. The maximum atomic E-state index is 13.3. The van der Waals surface area contributed by atoms with Gasteiger partial charge in [0.15, 0.2) is 11.5 Å². The smallest absolute Gasteiger partial charge is 0.258 e. The Balaban J connectivity index is 2.12. The average Bonchev–Trinajstić information content (AvgIpc) is 2.72. The van der Waals surface area contributed by atoms with E-state index in [0.717, 1.165) is 19.6 Å². The van der Waals surface area contributed by atoms with E-state index in [2.05, 4.69) is 11.8 Å². The Morgan fingerprint density at radius 2 is 1.56 bits per heavy atom. The SMILES string of the molecule is CCN1CCN(C(=O)c2cn(CC)c(=O)c3cc(OC)c(OC)cc23)CC1. The summed E-state index contributed by atoms with van der Waals surface area (Å²) < 4.78 is 12.3. The molecule has 1 aliphatic rings. The van der Waals surface area contributed by atoms with Gasteiger partial charge in [0.05, 0.1) is 25.2 Å². The zero-order valence-corrected chi connectivity index (χ0v) is 16.4. The van der Waals surface area contributed by atoms with E-state index in [1.54, 1.807) is 30.0 Å². The molecule has 0 unspecified atom stereocenters. The van der Waals surface area contributed by atoms with Gasteiger partial charge in [-0.15, -0.1) is 0 Å². The Morgan fingerprint density at radius 3 is 2.07 bits per heavy atom. The third kappa shape index (κ3) is 3.51. The lowest BCUT2D eigenvalue weighted by Crippen LogP contribution is -2.48. The number of ether oxygens (including phenoxy) is 2. The van der Waals surface area contributed by atoms with Crippen molar-refractivity contribution < 1.29 is 14.3 Å². The number of carbonyl (C=O) groups excluding carboxylic acids is 1. The molecule has 2 aromatic rings. The molecule has 2 heterocycles. The van der Waals surface area contributed by atoms with E-state index >= 15 is 0 Å². The zero-order valence-electron chi connectivity index (χ0n) is 16.4. The van der Waals surface area contributed by atoms with Crippen LogP contribution >= 0.6 is 0 Å². The molecule has 27 heavy (non-hydrogen) atoms. The van der Waals surface area contributed by atoms with Crippen LogP contribution in [0.4, 0.5) is 0 Å². The predicted molar refractivity (Wildman–Crippen MR) is 105 cm³/mol. The highest BCUT2D eigenvalue weighted by Crippen LogP contribution is 2.32. The molecule has 1 aliphatic heterocycles. The van der Waals surface area contributed by atoms with Gasteiger partial charge < -0.3 is 23.8 Å². The molecule has 1 amide bonds. The molecule has 0 saturated carbocycles. The Labute approximate surface area is 159 Å². The summed E-state index contributed by atoms with van der Waals surface area (Å²) in [4.78, 5) is 30.2. The van der Waals surface area contributed by atoms with E-state index < -0.39 is 0 Å². The monoisotopic (exact) mass is 373 g/mol. The van der Waals surface area contributed by atoms with E-state index in [9.17, 15) is 9.59 Å². The number of aromatic nitrogens is 1. The molecule has 1 aromatic heterocycles. The van der Waals surface area contributed by atoms with Crippen molar-refractivity contribution in [1.29, 1.82) is 0 Å². The summed E-state index contributed by atoms with van der Waals surface area (Å²) in [5.41, 5.74) is 0.387. The summed E-state index contributed by atoms with van der Waals surface area (Å²) in [6.45, 7) is 8.61.